The van der Waals surface area contributed by atoms with E-state index < -0.39 is 0 Å². The lowest BCUT2D eigenvalue weighted by atomic mass is 10.0. The predicted molar refractivity (Wildman–Crippen MR) is 83.8 cm³/mol. The van der Waals surface area contributed by atoms with Crippen LogP contribution in [0, 0.1) is 16.7 Å². The van der Waals surface area contributed by atoms with E-state index in [4.69, 9.17) is 4.74 Å². The van der Waals surface area contributed by atoms with E-state index in [1.54, 1.807) is 6.20 Å². The van der Waals surface area contributed by atoms with Crippen molar-refractivity contribution in [3.63, 3.8) is 0 Å². The molecule has 116 valence electrons. The van der Waals surface area contributed by atoms with Gasteiger partial charge in [-0.3, -0.25) is 9.78 Å². The van der Waals surface area contributed by atoms with Crippen molar-refractivity contribution in [1.82, 2.24) is 4.98 Å². The molecule has 0 atom stereocenters. The summed E-state index contributed by atoms with van der Waals surface area (Å²) in [5.74, 6) is 0.0395. The molecule has 1 saturated carbocycles. The van der Waals surface area contributed by atoms with Crippen molar-refractivity contribution in [3.05, 3.63) is 30.1 Å². The first-order valence-electron chi connectivity index (χ1n) is 7.93. The molecule has 1 aromatic heterocycles. The van der Waals surface area contributed by atoms with Crippen LogP contribution in [0.25, 0.3) is 0 Å². The van der Waals surface area contributed by atoms with Gasteiger partial charge >= 0.3 is 5.97 Å². The Morgan fingerprint density at radius 1 is 1.19 bits per heavy atom. The molecule has 0 aliphatic heterocycles. The molecule has 2 rings (SSSR count). The number of aryl methyl sites for hydroxylation is 1. The second-order valence-electron chi connectivity index (χ2n) is 7.22. The summed E-state index contributed by atoms with van der Waals surface area (Å²) in [5, 5.41) is 0. The van der Waals surface area contributed by atoms with E-state index in [-0.39, 0.29) is 22.7 Å². The lowest BCUT2D eigenvalue weighted by Gasteiger charge is -2.06. The summed E-state index contributed by atoms with van der Waals surface area (Å²) in [6.45, 7) is 9.13. The molecule has 0 spiro atoms. The zero-order chi connectivity index (χ0) is 15.5. The number of aromatic nitrogens is 1. The van der Waals surface area contributed by atoms with Gasteiger partial charge in [0.15, 0.2) is 0 Å². The number of pyridine rings is 1. The van der Waals surface area contributed by atoms with Crippen molar-refractivity contribution in [2.75, 3.05) is 6.61 Å². The van der Waals surface area contributed by atoms with E-state index in [0.29, 0.717) is 6.61 Å². The molecular weight excluding hydrogens is 262 g/mol. The van der Waals surface area contributed by atoms with Crippen LogP contribution in [0.3, 0.4) is 0 Å². The molecule has 0 saturated heterocycles. The number of hydrogen-bond donors (Lipinski definition) is 0. The van der Waals surface area contributed by atoms with E-state index in [1.807, 2.05) is 12.3 Å². The number of hydrogen-bond acceptors (Lipinski definition) is 3. The molecule has 0 bridgehead atoms. The van der Waals surface area contributed by atoms with E-state index >= 15 is 0 Å². The highest BCUT2D eigenvalue weighted by atomic mass is 16.5. The van der Waals surface area contributed by atoms with E-state index in [9.17, 15) is 4.79 Å². The Labute approximate surface area is 128 Å². The Morgan fingerprint density at radius 3 is 2.48 bits per heavy atom. The molecule has 1 heterocycles. The Balaban J connectivity index is 1.58. The van der Waals surface area contributed by atoms with Gasteiger partial charge in [-0.15, -0.1) is 0 Å². The molecule has 1 aliphatic carbocycles. The first kappa shape index (κ1) is 16.0. The number of carbonyl (C=O) groups excluding carboxylic acids is 1. The summed E-state index contributed by atoms with van der Waals surface area (Å²) in [7, 11) is 0. The Bertz CT molecular complexity index is 465. The lowest BCUT2D eigenvalue weighted by Crippen LogP contribution is -2.12. The molecule has 1 fully saturated rings. The smallest absolute Gasteiger partial charge is 0.310 e. The second kappa shape index (κ2) is 6.17. The summed E-state index contributed by atoms with van der Waals surface area (Å²) >= 11 is 0. The summed E-state index contributed by atoms with van der Waals surface area (Å²) in [6.07, 6.45) is 7.90. The highest BCUT2D eigenvalue weighted by Gasteiger charge is 2.69. The molecule has 1 aromatic rings. The summed E-state index contributed by atoms with van der Waals surface area (Å²) < 4.78 is 5.44. The van der Waals surface area contributed by atoms with Crippen molar-refractivity contribution in [1.29, 1.82) is 0 Å². The fourth-order valence-electron chi connectivity index (χ4n) is 3.20. The summed E-state index contributed by atoms with van der Waals surface area (Å²) in [5.41, 5.74) is 1.42. The maximum Gasteiger partial charge on any atom is 0.310 e. The Morgan fingerprint density at radius 2 is 1.90 bits per heavy atom. The Hall–Kier alpha value is -1.38. The van der Waals surface area contributed by atoms with Gasteiger partial charge in [0.05, 0.1) is 12.5 Å². The fourth-order valence-corrected chi connectivity index (χ4v) is 3.20. The van der Waals surface area contributed by atoms with Gasteiger partial charge in [0.25, 0.3) is 0 Å². The minimum atomic E-state index is -0.0164. The number of esters is 1. The third-order valence-corrected chi connectivity index (χ3v) is 5.33. The largest absolute Gasteiger partial charge is 0.465 e. The third kappa shape index (κ3) is 3.45. The van der Waals surface area contributed by atoms with Crippen LogP contribution in [0.4, 0.5) is 0 Å². The molecule has 1 aliphatic rings. The summed E-state index contributed by atoms with van der Waals surface area (Å²) in [6, 6.07) is 4.07. The molecular formula is C18H27NO2. The number of rotatable bonds is 7. The highest BCUT2D eigenvalue weighted by Crippen LogP contribution is 2.68. The SMILES string of the molecule is CC1(C)C(C(=O)OCCCCCc2cccnc2)C1(C)C. The first-order valence-corrected chi connectivity index (χ1v) is 7.93. The minimum Gasteiger partial charge on any atom is -0.465 e. The zero-order valence-corrected chi connectivity index (χ0v) is 13.7. The first-order chi connectivity index (χ1) is 9.87. The van der Waals surface area contributed by atoms with Gasteiger partial charge in [0.1, 0.15) is 0 Å². The van der Waals surface area contributed by atoms with Crippen molar-refractivity contribution < 1.29 is 9.53 Å². The molecule has 0 N–H and O–H groups in total. The van der Waals surface area contributed by atoms with Crippen molar-refractivity contribution >= 4 is 5.97 Å². The zero-order valence-electron chi connectivity index (χ0n) is 13.7. The van der Waals surface area contributed by atoms with Crippen LogP contribution in [0.1, 0.15) is 52.5 Å². The van der Waals surface area contributed by atoms with E-state index in [0.717, 1.165) is 25.7 Å². The maximum atomic E-state index is 12.1. The number of nitrogens with zero attached hydrogens (tertiary/aromatic N) is 1. The standard InChI is InChI=1S/C18H27NO2/c1-17(2)15(18(17,3)4)16(20)21-12-7-5-6-9-14-10-8-11-19-13-14/h8,10-11,13,15H,5-7,9,12H2,1-4H3. The normalized spacial score (nSPS) is 19.2. The van der Waals surface area contributed by atoms with Crippen LogP contribution in [-0.4, -0.2) is 17.6 Å². The van der Waals surface area contributed by atoms with Gasteiger partial charge in [0.2, 0.25) is 0 Å². The monoisotopic (exact) mass is 289 g/mol. The van der Waals surface area contributed by atoms with Gasteiger partial charge in [0, 0.05) is 12.4 Å². The van der Waals surface area contributed by atoms with Crippen molar-refractivity contribution in [2.24, 2.45) is 16.7 Å². The van der Waals surface area contributed by atoms with Crippen LogP contribution in [0.2, 0.25) is 0 Å². The van der Waals surface area contributed by atoms with Gasteiger partial charge in [-0.25, -0.2) is 0 Å². The molecule has 0 unspecified atom stereocenters. The van der Waals surface area contributed by atoms with Gasteiger partial charge in [-0.05, 0) is 48.1 Å². The third-order valence-electron chi connectivity index (χ3n) is 5.33. The van der Waals surface area contributed by atoms with Gasteiger partial charge in [-0.1, -0.05) is 33.8 Å². The quantitative estimate of drug-likeness (QED) is 0.562. The average molecular weight is 289 g/mol. The van der Waals surface area contributed by atoms with Gasteiger partial charge < -0.3 is 4.74 Å². The maximum absolute atomic E-state index is 12.1. The van der Waals surface area contributed by atoms with Crippen LogP contribution in [0.15, 0.2) is 24.5 Å². The van der Waals surface area contributed by atoms with Gasteiger partial charge in [-0.2, -0.15) is 0 Å². The number of carbonyl (C=O) groups is 1. The molecule has 0 amide bonds. The van der Waals surface area contributed by atoms with Crippen LogP contribution >= 0.6 is 0 Å². The average Bonchev–Trinajstić information content (AvgIpc) is 2.85. The van der Waals surface area contributed by atoms with Crippen LogP contribution in [-0.2, 0) is 16.0 Å². The topological polar surface area (TPSA) is 39.2 Å². The second-order valence-corrected chi connectivity index (χ2v) is 7.22. The van der Waals surface area contributed by atoms with Crippen LogP contribution < -0.4 is 0 Å². The van der Waals surface area contributed by atoms with Crippen molar-refractivity contribution in [2.45, 2.75) is 53.4 Å². The minimum absolute atomic E-state index is 0.0164. The molecule has 21 heavy (non-hydrogen) atoms. The van der Waals surface area contributed by atoms with Crippen LogP contribution in [0.5, 0.6) is 0 Å². The predicted octanol–water partition coefficient (Wildman–Crippen LogP) is 4.02. The molecule has 0 aromatic carbocycles. The number of ether oxygens (including phenoxy) is 1. The highest BCUT2D eigenvalue weighted by molar-refractivity contribution is 5.78. The lowest BCUT2D eigenvalue weighted by molar-refractivity contribution is -0.146. The fraction of sp³-hybridized carbons (Fsp3) is 0.667. The van der Waals surface area contributed by atoms with E-state index in [2.05, 4.69) is 38.7 Å². The number of unbranched alkanes of at least 4 members (excludes halogenated alkanes) is 2. The molecule has 0 radical (unpaired) electrons. The van der Waals surface area contributed by atoms with Crippen molar-refractivity contribution in [3.8, 4) is 0 Å². The van der Waals surface area contributed by atoms with E-state index in [1.165, 1.54) is 5.56 Å². The molecule has 3 heteroatoms. The Kier molecular flexibility index (Phi) is 4.70. The molecule has 3 nitrogen and oxygen atoms in total. The summed E-state index contributed by atoms with van der Waals surface area (Å²) in [4.78, 5) is 16.2.